The van der Waals surface area contributed by atoms with Crippen LogP contribution < -0.4 is 0 Å². The van der Waals surface area contributed by atoms with E-state index in [1.165, 1.54) is 28.2 Å². The summed E-state index contributed by atoms with van der Waals surface area (Å²) in [7, 11) is 0. The average molecular weight is 273 g/mol. The molecule has 1 aliphatic carbocycles. The highest BCUT2D eigenvalue weighted by Crippen LogP contribution is 2.47. The summed E-state index contributed by atoms with van der Waals surface area (Å²) in [5.74, 6) is 1.77. The number of rotatable bonds is 3. The second kappa shape index (κ2) is 3.97. The van der Waals surface area contributed by atoms with Gasteiger partial charge in [-0.15, -0.1) is 11.3 Å². The van der Waals surface area contributed by atoms with E-state index in [2.05, 4.69) is 42.8 Å². The number of hydrogen-bond acceptors (Lipinski definition) is 1. The lowest BCUT2D eigenvalue weighted by atomic mass is 9.97. The van der Waals surface area contributed by atoms with Crippen LogP contribution in [0, 0.1) is 25.7 Å². The van der Waals surface area contributed by atoms with Crippen LogP contribution in [0.15, 0.2) is 6.07 Å². The standard InChI is InChI=1S/C12H17BrS/c1-7-6-11(9(3)14-7)12(13)8(2)10-4-5-10/h6,8,10,12H,4-5H2,1-3H3. The summed E-state index contributed by atoms with van der Waals surface area (Å²) < 4.78 is 0. The van der Waals surface area contributed by atoms with E-state index in [9.17, 15) is 0 Å². The first kappa shape index (κ1) is 10.7. The van der Waals surface area contributed by atoms with E-state index in [0.29, 0.717) is 4.83 Å². The molecule has 2 atom stereocenters. The van der Waals surface area contributed by atoms with Gasteiger partial charge in [0.1, 0.15) is 0 Å². The summed E-state index contributed by atoms with van der Waals surface area (Å²) in [5, 5.41) is 0. The first-order chi connectivity index (χ1) is 6.59. The zero-order chi connectivity index (χ0) is 10.3. The molecule has 78 valence electrons. The Morgan fingerprint density at radius 1 is 1.43 bits per heavy atom. The van der Waals surface area contributed by atoms with Crippen molar-refractivity contribution in [3.8, 4) is 0 Å². The quantitative estimate of drug-likeness (QED) is 0.691. The highest BCUT2D eigenvalue weighted by molar-refractivity contribution is 9.09. The Labute approximate surface area is 98.9 Å². The van der Waals surface area contributed by atoms with Gasteiger partial charge in [-0.1, -0.05) is 22.9 Å². The third-order valence-electron chi connectivity index (χ3n) is 3.20. The molecule has 0 aromatic carbocycles. The van der Waals surface area contributed by atoms with Crippen molar-refractivity contribution in [2.24, 2.45) is 11.8 Å². The number of thiophene rings is 1. The van der Waals surface area contributed by atoms with E-state index in [1.54, 1.807) is 0 Å². The van der Waals surface area contributed by atoms with Crippen LogP contribution >= 0.6 is 27.3 Å². The van der Waals surface area contributed by atoms with Crippen molar-refractivity contribution >= 4 is 27.3 Å². The molecule has 2 unspecified atom stereocenters. The van der Waals surface area contributed by atoms with E-state index in [-0.39, 0.29) is 0 Å². The fourth-order valence-corrected chi connectivity index (χ4v) is 4.10. The number of hydrogen-bond donors (Lipinski definition) is 0. The summed E-state index contributed by atoms with van der Waals surface area (Å²) in [6.45, 7) is 6.81. The molecule has 1 fully saturated rings. The molecule has 0 bridgehead atoms. The molecule has 0 spiro atoms. The van der Waals surface area contributed by atoms with Gasteiger partial charge in [-0.3, -0.25) is 0 Å². The van der Waals surface area contributed by atoms with Crippen molar-refractivity contribution in [1.82, 2.24) is 0 Å². The zero-order valence-corrected chi connectivity index (χ0v) is 11.4. The van der Waals surface area contributed by atoms with Crippen molar-refractivity contribution < 1.29 is 0 Å². The van der Waals surface area contributed by atoms with Crippen LogP contribution in [0.4, 0.5) is 0 Å². The Morgan fingerprint density at radius 2 is 2.07 bits per heavy atom. The summed E-state index contributed by atoms with van der Waals surface area (Å²) in [6.07, 6.45) is 2.87. The SMILES string of the molecule is Cc1cc(C(Br)C(C)C2CC2)c(C)s1. The third kappa shape index (κ3) is 2.06. The molecule has 0 N–H and O–H groups in total. The van der Waals surface area contributed by atoms with E-state index in [4.69, 9.17) is 0 Å². The highest BCUT2D eigenvalue weighted by Gasteiger charge is 2.33. The van der Waals surface area contributed by atoms with Gasteiger partial charge in [0.2, 0.25) is 0 Å². The van der Waals surface area contributed by atoms with E-state index < -0.39 is 0 Å². The fraction of sp³-hybridized carbons (Fsp3) is 0.667. The van der Waals surface area contributed by atoms with Gasteiger partial charge in [0.15, 0.2) is 0 Å². The number of aryl methyl sites for hydroxylation is 2. The average Bonchev–Trinajstić information content (AvgIpc) is 2.90. The summed E-state index contributed by atoms with van der Waals surface area (Å²) in [6, 6.07) is 2.35. The van der Waals surface area contributed by atoms with Gasteiger partial charge in [-0.25, -0.2) is 0 Å². The molecule has 0 saturated heterocycles. The lowest BCUT2D eigenvalue weighted by Gasteiger charge is -2.17. The maximum Gasteiger partial charge on any atom is 0.0434 e. The van der Waals surface area contributed by atoms with Crippen LogP contribution in [-0.2, 0) is 0 Å². The fourth-order valence-electron chi connectivity index (χ4n) is 2.07. The third-order valence-corrected chi connectivity index (χ3v) is 5.51. The number of alkyl halides is 1. The molecule has 14 heavy (non-hydrogen) atoms. The lowest BCUT2D eigenvalue weighted by Crippen LogP contribution is -2.05. The largest absolute Gasteiger partial charge is 0.146 e. The number of halogens is 1. The second-order valence-corrected chi connectivity index (χ2v) is 6.91. The molecule has 0 nitrogen and oxygen atoms in total. The summed E-state index contributed by atoms with van der Waals surface area (Å²) in [5.41, 5.74) is 1.52. The van der Waals surface area contributed by atoms with Crippen molar-refractivity contribution in [2.75, 3.05) is 0 Å². The zero-order valence-electron chi connectivity index (χ0n) is 9.01. The molecule has 1 aliphatic rings. The molecule has 1 heterocycles. The van der Waals surface area contributed by atoms with Crippen molar-refractivity contribution in [2.45, 2.75) is 38.4 Å². The van der Waals surface area contributed by atoms with Gasteiger partial charge in [0.25, 0.3) is 0 Å². The predicted molar refractivity (Wildman–Crippen MR) is 67.3 cm³/mol. The monoisotopic (exact) mass is 272 g/mol. The van der Waals surface area contributed by atoms with Crippen LogP contribution in [0.2, 0.25) is 0 Å². The molecule has 0 aliphatic heterocycles. The maximum atomic E-state index is 3.86. The van der Waals surface area contributed by atoms with Crippen LogP contribution in [0.5, 0.6) is 0 Å². The van der Waals surface area contributed by atoms with Crippen molar-refractivity contribution in [3.05, 3.63) is 21.4 Å². The minimum atomic E-state index is 0.569. The van der Waals surface area contributed by atoms with Gasteiger partial charge in [0, 0.05) is 14.6 Å². The van der Waals surface area contributed by atoms with Gasteiger partial charge < -0.3 is 0 Å². The Morgan fingerprint density at radius 3 is 2.50 bits per heavy atom. The first-order valence-electron chi connectivity index (χ1n) is 5.30. The van der Waals surface area contributed by atoms with Gasteiger partial charge in [0.05, 0.1) is 0 Å². The van der Waals surface area contributed by atoms with Gasteiger partial charge in [-0.2, -0.15) is 0 Å². The van der Waals surface area contributed by atoms with Crippen LogP contribution in [0.3, 0.4) is 0 Å². The van der Waals surface area contributed by atoms with E-state index >= 15 is 0 Å². The summed E-state index contributed by atoms with van der Waals surface area (Å²) >= 11 is 5.78. The van der Waals surface area contributed by atoms with E-state index in [1.807, 2.05) is 11.3 Å². The second-order valence-electron chi connectivity index (χ2n) is 4.47. The molecule has 0 amide bonds. The molecule has 1 aromatic rings. The summed E-state index contributed by atoms with van der Waals surface area (Å²) in [4.78, 5) is 3.49. The Balaban J connectivity index is 2.16. The Hall–Kier alpha value is 0.180. The lowest BCUT2D eigenvalue weighted by molar-refractivity contribution is 0.502. The first-order valence-corrected chi connectivity index (χ1v) is 7.04. The molecule has 0 radical (unpaired) electrons. The highest BCUT2D eigenvalue weighted by atomic mass is 79.9. The molecular weight excluding hydrogens is 256 g/mol. The molecular formula is C12H17BrS. The minimum Gasteiger partial charge on any atom is -0.146 e. The van der Waals surface area contributed by atoms with Crippen LogP contribution in [0.1, 0.15) is 39.9 Å². The van der Waals surface area contributed by atoms with Gasteiger partial charge in [-0.05, 0) is 50.2 Å². The van der Waals surface area contributed by atoms with Crippen molar-refractivity contribution in [3.63, 3.8) is 0 Å². The Bertz CT molecular complexity index is 325. The van der Waals surface area contributed by atoms with Crippen molar-refractivity contribution in [1.29, 1.82) is 0 Å². The molecule has 1 aromatic heterocycles. The molecule has 1 saturated carbocycles. The topological polar surface area (TPSA) is 0 Å². The van der Waals surface area contributed by atoms with Crippen LogP contribution in [-0.4, -0.2) is 0 Å². The Kier molecular flexibility index (Phi) is 3.03. The van der Waals surface area contributed by atoms with Crippen LogP contribution in [0.25, 0.3) is 0 Å². The minimum absolute atomic E-state index is 0.569. The molecule has 2 heteroatoms. The van der Waals surface area contributed by atoms with E-state index in [0.717, 1.165) is 11.8 Å². The smallest absolute Gasteiger partial charge is 0.0434 e. The maximum absolute atomic E-state index is 3.86. The normalized spacial score (nSPS) is 20.9. The molecule has 2 rings (SSSR count). The van der Waals surface area contributed by atoms with Gasteiger partial charge >= 0.3 is 0 Å². The predicted octanol–water partition coefficient (Wildman–Crippen LogP) is 4.85.